The molecule has 0 spiro atoms. The van der Waals surface area contributed by atoms with Crippen LogP contribution in [0.3, 0.4) is 0 Å². The highest BCUT2D eigenvalue weighted by atomic mass is 35.5. The maximum absolute atomic E-state index is 12.1. The van der Waals surface area contributed by atoms with E-state index in [1.807, 2.05) is 0 Å². The van der Waals surface area contributed by atoms with Crippen LogP contribution in [0.15, 0.2) is 24.3 Å². The van der Waals surface area contributed by atoms with Gasteiger partial charge in [0.2, 0.25) is 0 Å². The van der Waals surface area contributed by atoms with Gasteiger partial charge in [-0.15, -0.1) is 0 Å². The lowest BCUT2D eigenvalue weighted by molar-refractivity contribution is -0.0498. The van der Waals surface area contributed by atoms with E-state index in [0.29, 0.717) is 11.0 Å². The third-order valence-corrected chi connectivity index (χ3v) is 3.53. The smallest absolute Gasteiger partial charge is 0.387 e. The van der Waals surface area contributed by atoms with Crippen molar-refractivity contribution < 1.29 is 13.5 Å². The summed E-state index contributed by atoms with van der Waals surface area (Å²) in [5, 5.41) is 0.482. The van der Waals surface area contributed by atoms with Gasteiger partial charge in [0.05, 0.1) is 0 Å². The predicted octanol–water partition coefficient (Wildman–Crippen LogP) is 3.89. The molecule has 0 radical (unpaired) electrons. The number of hydrogen-bond donors (Lipinski definition) is 0. The number of benzene rings is 1. The lowest BCUT2D eigenvalue weighted by Gasteiger charge is -2.07. The van der Waals surface area contributed by atoms with Crippen molar-refractivity contribution in [2.45, 2.75) is 25.9 Å². The summed E-state index contributed by atoms with van der Waals surface area (Å²) >= 11 is 6.15. The Morgan fingerprint density at radius 2 is 1.85 bits per heavy atom. The number of aryl methyl sites for hydroxylation is 1. The minimum Gasteiger partial charge on any atom is -0.435 e. The Morgan fingerprint density at radius 1 is 1.10 bits per heavy atom. The molecule has 1 aromatic heterocycles. The topological polar surface area (TPSA) is 35.0 Å². The molecule has 0 aliphatic heterocycles. The summed E-state index contributed by atoms with van der Waals surface area (Å²) in [6.45, 7) is -2.83. The third-order valence-electron chi connectivity index (χ3n) is 3.22. The van der Waals surface area contributed by atoms with E-state index in [9.17, 15) is 8.78 Å². The first-order valence-electron chi connectivity index (χ1n) is 6.24. The molecule has 1 aliphatic carbocycles. The second kappa shape index (κ2) is 5.32. The fourth-order valence-corrected chi connectivity index (χ4v) is 2.58. The van der Waals surface area contributed by atoms with Gasteiger partial charge >= 0.3 is 6.61 Å². The van der Waals surface area contributed by atoms with Gasteiger partial charge in [-0.2, -0.15) is 8.78 Å². The van der Waals surface area contributed by atoms with Gasteiger partial charge in [-0.25, -0.2) is 9.97 Å². The third kappa shape index (κ3) is 2.58. The highest BCUT2D eigenvalue weighted by Crippen LogP contribution is 2.29. The first kappa shape index (κ1) is 13.2. The maximum Gasteiger partial charge on any atom is 0.387 e. The molecule has 1 heterocycles. The summed E-state index contributed by atoms with van der Waals surface area (Å²) in [4.78, 5) is 8.76. The van der Waals surface area contributed by atoms with E-state index in [1.54, 1.807) is 12.1 Å². The fraction of sp³-hybridized carbons (Fsp3) is 0.286. The standard InChI is InChI=1S/C14H11ClF2N2O/c15-12-10-2-1-3-11(10)18-13(19-12)8-4-6-9(7-5-8)20-14(16)17/h4-7,14H,1-3H2. The van der Waals surface area contributed by atoms with E-state index < -0.39 is 6.61 Å². The van der Waals surface area contributed by atoms with Crippen LogP contribution >= 0.6 is 11.6 Å². The summed E-state index contributed by atoms with van der Waals surface area (Å²) in [6.07, 6.45) is 2.85. The Balaban J connectivity index is 1.91. The van der Waals surface area contributed by atoms with Crippen molar-refractivity contribution in [3.8, 4) is 17.1 Å². The van der Waals surface area contributed by atoms with Crippen molar-refractivity contribution >= 4 is 11.6 Å². The van der Waals surface area contributed by atoms with Crippen LogP contribution in [0.1, 0.15) is 17.7 Å². The van der Waals surface area contributed by atoms with Gasteiger partial charge in [-0.3, -0.25) is 0 Å². The van der Waals surface area contributed by atoms with Crippen LogP contribution in [0.5, 0.6) is 5.75 Å². The average molecular weight is 297 g/mol. The molecule has 6 heteroatoms. The maximum atomic E-state index is 12.1. The number of nitrogens with zero attached hydrogens (tertiary/aromatic N) is 2. The molecule has 104 valence electrons. The molecule has 1 aromatic carbocycles. The number of aromatic nitrogens is 2. The first-order valence-corrected chi connectivity index (χ1v) is 6.62. The zero-order valence-corrected chi connectivity index (χ0v) is 11.2. The number of rotatable bonds is 3. The first-order chi connectivity index (χ1) is 9.63. The molecule has 0 atom stereocenters. The lowest BCUT2D eigenvalue weighted by Crippen LogP contribution is -2.02. The van der Waals surface area contributed by atoms with Crippen molar-refractivity contribution in [2.24, 2.45) is 0 Å². The Labute approximate surface area is 119 Å². The number of halogens is 3. The second-order valence-corrected chi connectivity index (χ2v) is 4.88. The van der Waals surface area contributed by atoms with E-state index in [4.69, 9.17) is 11.6 Å². The highest BCUT2D eigenvalue weighted by molar-refractivity contribution is 6.30. The molecular weight excluding hydrogens is 286 g/mol. The summed E-state index contributed by atoms with van der Waals surface area (Å²) in [5.74, 6) is 0.621. The van der Waals surface area contributed by atoms with Crippen LogP contribution in [-0.2, 0) is 12.8 Å². The van der Waals surface area contributed by atoms with Crippen molar-refractivity contribution in [1.29, 1.82) is 0 Å². The van der Waals surface area contributed by atoms with Gasteiger partial charge < -0.3 is 4.74 Å². The highest BCUT2D eigenvalue weighted by Gasteiger charge is 2.18. The average Bonchev–Trinajstić information content (AvgIpc) is 2.87. The summed E-state index contributed by atoms with van der Waals surface area (Å²) < 4.78 is 28.5. The van der Waals surface area contributed by atoms with Gasteiger partial charge in [0.25, 0.3) is 0 Å². The number of fused-ring (bicyclic) bond motifs is 1. The molecule has 0 saturated carbocycles. The SMILES string of the molecule is FC(F)Oc1ccc(-c2nc(Cl)c3c(n2)CCC3)cc1. The Morgan fingerprint density at radius 3 is 2.55 bits per heavy atom. The quantitative estimate of drug-likeness (QED) is 0.806. The van der Waals surface area contributed by atoms with Gasteiger partial charge in [-0.1, -0.05) is 11.6 Å². The summed E-state index contributed by atoms with van der Waals surface area (Å²) in [5.41, 5.74) is 2.73. The zero-order chi connectivity index (χ0) is 14.1. The zero-order valence-electron chi connectivity index (χ0n) is 10.4. The van der Waals surface area contributed by atoms with E-state index in [2.05, 4.69) is 14.7 Å². The predicted molar refractivity (Wildman–Crippen MR) is 71.1 cm³/mol. The normalized spacial score (nSPS) is 13.6. The van der Waals surface area contributed by atoms with E-state index in [1.165, 1.54) is 12.1 Å². The van der Waals surface area contributed by atoms with Gasteiger partial charge in [0.1, 0.15) is 10.9 Å². The lowest BCUT2D eigenvalue weighted by atomic mass is 10.2. The fourth-order valence-electron chi connectivity index (χ4n) is 2.30. The molecule has 0 unspecified atom stereocenters. The van der Waals surface area contributed by atoms with Crippen molar-refractivity contribution in [3.63, 3.8) is 0 Å². The molecule has 0 bridgehead atoms. The monoisotopic (exact) mass is 296 g/mol. The molecule has 3 nitrogen and oxygen atoms in total. The van der Waals surface area contributed by atoms with Crippen LogP contribution in [0.4, 0.5) is 8.78 Å². The van der Waals surface area contributed by atoms with Crippen LogP contribution in [0, 0.1) is 0 Å². The van der Waals surface area contributed by atoms with Crippen molar-refractivity contribution in [3.05, 3.63) is 40.7 Å². The minimum atomic E-state index is -2.83. The summed E-state index contributed by atoms with van der Waals surface area (Å²) in [6, 6.07) is 6.22. The second-order valence-electron chi connectivity index (χ2n) is 4.52. The van der Waals surface area contributed by atoms with Crippen LogP contribution in [0.25, 0.3) is 11.4 Å². The molecule has 2 aromatic rings. The van der Waals surface area contributed by atoms with E-state index in [-0.39, 0.29) is 5.75 Å². The number of hydrogen-bond acceptors (Lipinski definition) is 3. The van der Waals surface area contributed by atoms with Gasteiger partial charge in [-0.05, 0) is 43.5 Å². The molecular formula is C14H11ClF2N2O. The van der Waals surface area contributed by atoms with Crippen LogP contribution in [-0.4, -0.2) is 16.6 Å². The molecule has 0 saturated heterocycles. The molecule has 1 aliphatic rings. The molecule has 20 heavy (non-hydrogen) atoms. The van der Waals surface area contributed by atoms with E-state index in [0.717, 1.165) is 36.1 Å². The van der Waals surface area contributed by atoms with Gasteiger partial charge in [0, 0.05) is 16.8 Å². The van der Waals surface area contributed by atoms with Crippen LogP contribution in [0.2, 0.25) is 5.15 Å². The largest absolute Gasteiger partial charge is 0.435 e. The van der Waals surface area contributed by atoms with E-state index >= 15 is 0 Å². The molecule has 0 fully saturated rings. The Hall–Kier alpha value is -1.75. The molecule has 0 amide bonds. The Kier molecular flexibility index (Phi) is 3.53. The number of alkyl halides is 2. The molecule has 0 N–H and O–H groups in total. The summed E-state index contributed by atoms with van der Waals surface area (Å²) in [7, 11) is 0. The van der Waals surface area contributed by atoms with Crippen molar-refractivity contribution in [2.75, 3.05) is 0 Å². The number of ether oxygens (including phenoxy) is 1. The van der Waals surface area contributed by atoms with Gasteiger partial charge in [0.15, 0.2) is 5.82 Å². The van der Waals surface area contributed by atoms with Crippen molar-refractivity contribution in [1.82, 2.24) is 9.97 Å². The molecule has 3 rings (SSSR count). The Bertz CT molecular complexity index is 632. The van der Waals surface area contributed by atoms with Crippen LogP contribution < -0.4 is 4.74 Å². The minimum absolute atomic E-state index is 0.107.